The first-order chi connectivity index (χ1) is 7.06. The average molecular weight is 212 g/mol. The Morgan fingerprint density at radius 1 is 1.40 bits per heavy atom. The molecule has 0 saturated heterocycles. The molecule has 0 rings (SSSR count). The lowest BCUT2D eigenvalue weighted by Crippen LogP contribution is -2.10. The molecule has 0 aliphatic rings. The molecule has 0 amide bonds. The number of rotatable bonds is 7. The Labute approximate surface area is 93.7 Å². The van der Waals surface area contributed by atoms with Gasteiger partial charge in [-0.3, -0.25) is 4.79 Å². The summed E-state index contributed by atoms with van der Waals surface area (Å²) in [6.45, 7) is 8.86. The van der Waals surface area contributed by atoms with Crippen LogP contribution in [0.5, 0.6) is 0 Å². The van der Waals surface area contributed by atoms with E-state index in [0.29, 0.717) is 18.9 Å². The first-order valence-electron chi connectivity index (χ1n) is 5.85. The predicted octanol–water partition coefficient (Wildman–Crippen LogP) is 3.71. The summed E-state index contributed by atoms with van der Waals surface area (Å²) in [6.07, 6.45) is 5.79. The number of hydrogen-bond donors (Lipinski definition) is 0. The lowest BCUT2D eigenvalue weighted by molar-refractivity contribution is -0.144. The van der Waals surface area contributed by atoms with Crippen molar-refractivity contribution in [2.45, 2.75) is 53.4 Å². The summed E-state index contributed by atoms with van der Waals surface area (Å²) in [6, 6.07) is 0. The lowest BCUT2D eigenvalue weighted by Gasteiger charge is -2.09. The summed E-state index contributed by atoms with van der Waals surface area (Å²) in [7, 11) is 0. The maximum atomic E-state index is 11.3. The van der Waals surface area contributed by atoms with Gasteiger partial charge in [0.1, 0.15) is 0 Å². The highest BCUT2D eigenvalue weighted by Crippen LogP contribution is 2.12. The van der Waals surface area contributed by atoms with Crippen LogP contribution < -0.4 is 0 Å². The molecule has 0 aliphatic carbocycles. The molecule has 0 aromatic carbocycles. The van der Waals surface area contributed by atoms with E-state index >= 15 is 0 Å². The zero-order valence-electron chi connectivity index (χ0n) is 10.5. The molecule has 0 heterocycles. The van der Waals surface area contributed by atoms with Crippen LogP contribution in [-0.4, -0.2) is 12.6 Å². The SMILES string of the molecule is CCCOC(=O)C[C@@H](C)CCC=C(C)C. The van der Waals surface area contributed by atoms with Crippen molar-refractivity contribution in [2.75, 3.05) is 6.61 Å². The molecule has 0 bridgehead atoms. The van der Waals surface area contributed by atoms with Crippen molar-refractivity contribution in [2.24, 2.45) is 5.92 Å². The van der Waals surface area contributed by atoms with Gasteiger partial charge in [0.15, 0.2) is 0 Å². The predicted molar refractivity (Wildman–Crippen MR) is 63.7 cm³/mol. The van der Waals surface area contributed by atoms with Gasteiger partial charge in [-0.2, -0.15) is 0 Å². The standard InChI is InChI=1S/C13H24O2/c1-5-9-15-13(14)10-12(4)8-6-7-11(2)3/h7,12H,5-6,8-10H2,1-4H3/t12-/m0/s1. The van der Waals surface area contributed by atoms with Crippen molar-refractivity contribution in [3.8, 4) is 0 Å². The van der Waals surface area contributed by atoms with Crippen LogP contribution >= 0.6 is 0 Å². The van der Waals surface area contributed by atoms with Crippen LogP contribution in [0.2, 0.25) is 0 Å². The number of allylic oxidation sites excluding steroid dienone is 2. The van der Waals surface area contributed by atoms with Crippen molar-refractivity contribution < 1.29 is 9.53 Å². The zero-order valence-corrected chi connectivity index (χ0v) is 10.5. The van der Waals surface area contributed by atoms with Crippen LogP contribution in [0.25, 0.3) is 0 Å². The van der Waals surface area contributed by atoms with Gasteiger partial charge in [-0.25, -0.2) is 0 Å². The molecule has 0 aromatic heterocycles. The number of hydrogen-bond acceptors (Lipinski definition) is 2. The third-order valence-electron chi connectivity index (χ3n) is 2.19. The summed E-state index contributed by atoms with van der Waals surface area (Å²) in [5.74, 6) is 0.367. The Morgan fingerprint density at radius 2 is 2.07 bits per heavy atom. The highest BCUT2D eigenvalue weighted by Gasteiger charge is 2.08. The quantitative estimate of drug-likeness (QED) is 0.475. The van der Waals surface area contributed by atoms with E-state index in [0.717, 1.165) is 19.3 Å². The monoisotopic (exact) mass is 212 g/mol. The summed E-state index contributed by atoms with van der Waals surface area (Å²) >= 11 is 0. The number of ether oxygens (including phenoxy) is 1. The molecule has 2 heteroatoms. The van der Waals surface area contributed by atoms with Gasteiger partial charge >= 0.3 is 5.97 Å². The second kappa shape index (κ2) is 8.51. The fraction of sp³-hybridized carbons (Fsp3) is 0.769. The van der Waals surface area contributed by atoms with Crippen molar-refractivity contribution in [3.05, 3.63) is 11.6 Å². The molecule has 0 saturated carbocycles. The summed E-state index contributed by atoms with van der Waals surface area (Å²) < 4.78 is 5.03. The van der Waals surface area contributed by atoms with E-state index in [1.54, 1.807) is 0 Å². The van der Waals surface area contributed by atoms with Crippen molar-refractivity contribution in [1.82, 2.24) is 0 Å². The summed E-state index contributed by atoms with van der Waals surface area (Å²) in [5.41, 5.74) is 1.34. The Balaban J connectivity index is 3.59. The number of carbonyl (C=O) groups excluding carboxylic acids is 1. The van der Waals surface area contributed by atoms with E-state index < -0.39 is 0 Å². The Bertz CT molecular complexity index is 203. The minimum absolute atomic E-state index is 0.0541. The number of esters is 1. The van der Waals surface area contributed by atoms with Crippen LogP contribution in [0.3, 0.4) is 0 Å². The molecule has 2 nitrogen and oxygen atoms in total. The molecule has 0 N–H and O–H groups in total. The third kappa shape index (κ3) is 9.51. The highest BCUT2D eigenvalue weighted by molar-refractivity contribution is 5.69. The van der Waals surface area contributed by atoms with Crippen LogP contribution in [0, 0.1) is 5.92 Å². The Hall–Kier alpha value is -0.790. The van der Waals surface area contributed by atoms with Crippen molar-refractivity contribution in [1.29, 1.82) is 0 Å². The van der Waals surface area contributed by atoms with Gasteiger partial charge in [-0.15, -0.1) is 0 Å². The molecule has 0 fully saturated rings. The van der Waals surface area contributed by atoms with Gasteiger partial charge in [-0.05, 0) is 39.0 Å². The normalized spacial score (nSPS) is 12.0. The molecular weight excluding hydrogens is 188 g/mol. The van der Waals surface area contributed by atoms with Gasteiger partial charge in [0.2, 0.25) is 0 Å². The van der Waals surface area contributed by atoms with Gasteiger partial charge in [0, 0.05) is 6.42 Å². The Kier molecular flexibility index (Phi) is 8.06. The van der Waals surface area contributed by atoms with Gasteiger partial charge in [-0.1, -0.05) is 25.5 Å². The Morgan fingerprint density at radius 3 is 2.60 bits per heavy atom. The van der Waals surface area contributed by atoms with E-state index in [4.69, 9.17) is 4.74 Å². The number of carbonyl (C=O) groups is 1. The average Bonchev–Trinajstić information content (AvgIpc) is 2.14. The molecule has 1 atom stereocenters. The first kappa shape index (κ1) is 14.2. The molecule has 88 valence electrons. The van der Waals surface area contributed by atoms with E-state index in [1.807, 2.05) is 6.92 Å². The second-order valence-corrected chi connectivity index (χ2v) is 4.39. The maximum absolute atomic E-state index is 11.3. The van der Waals surface area contributed by atoms with E-state index in [1.165, 1.54) is 5.57 Å². The molecule has 0 aromatic rings. The molecule has 0 unspecified atom stereocenters. The van der Waals surface area contributed by atoms with Crippen LogP contribution in [0.15, 0.2) is 11.6 Å². The topological polar surface area (TPSA) is 26.3 Å². The minimum atomic E-state index is -0.0541. The fourth-order valence-electron chi connectivity index (χ4n) is 1.32. The van der Waals surface area contributed by atoms with Gasteiger partial charge in [0.05, 0.1) is 6.61 Å². The fourth-order valence-corrected chi connectivity index (χ4v) is 1.32. The van der Waals surface area contributed by atoms with E-state index in [2.05, 4.69) is 26.8 Å². The van der Waals surface area contributed by atoms with Gasteiger partial charge < -0.3 is 4.74 Å². The first-order valence-corrected chi connectivity index (χ1v) is 5.85. The van der Waals surface area contributed by atoms with E-state index in [9.17, 15) is 4.79 Å². The maximum Gasteiger partial charge on any atom is 0.306 e. The summed E-state index contributed by atoms with van der Waals surface area (Å²) in [5, 5.41) is 0. The third-order valence-corrected chi connectivity index (χ3v) is 2.19. The molecule has 0 aliphatic heterocycles. The van der Waals surface area contributed by atoms with Crippen LogP contribution in [0.4, 0.5) is 0 Å². The minimum Gasteiger partial charge on any atom is -0.466 e. The van der Waals surface area contributed by atoms with Gasteiger partial charge in [0.25, 0.3) is 0 Å². The van der Waals surface area contributed by atoms with Crippen molar-refractivity contribution in [3.63, 3.8) is 0 Å². The van der Waals surface area contributed by atoms with Crippen LogP contribution in [-0.2, 0) is 9.53 Å². The molecule has 0 radical (unpaired) electrons. The highest BCUT2D eigenvalue weighted by atomic mass is 16.5. The molecular formula is C13H24O2. The largest absolute Gasteiger partial charge is 0.466 e. The van der Waals surface area contributed by atoms with Crippen molar-refractivity contribution >= 4 is 5.97 Å². The zero-order chi connectivity index (χ0) is 11.7. The molecule has 0 spiro atoms. The summed E-state index contributed by atoms with van der Waals surface area (Å²) in [4.78, 5) is 11.3. The van der Waals surface area contributed by atoms with E-state index in [-0.39, 0.29) is 5.97 Å². The van der Waals surface area contributed by atoms with Crippen LogP contribution in [0.1, 0.15) is 53.4 Å². The molecule has 15 heavy (non-hydrogen) atoms. The smallest absolute Gasteiger partial charge is 0.306 e. The lowest BCUT2D eigenvalue weighted by atomic mass is 10.0. The second-order valence-electron chi connectivity index (χ2n) is 4.39.